The average Bonchev–Trinajstić information content (AvgIpc) is 3.25. The van der Waals surface area contributed by atoms with Crippen molar-refractivity contribution >= 4 is 32.7 Å². The third kappa shape index (κ3) is 3.67. The van der Waals surface area contributed by atoms with Crippen molar-refractivity contribution in [1.82, 2.24) is 29.9 Å². The second kappa shape index (κ2) is 7.79. The summed E-state index contributed by atoms with van der Waals surface area (Å²) >= 11 is 3.50. The summed E-state index contributed by atoms with van der Waals surface area (Å²) in [7, 11) is 1.87. The molecule has 1 N–H and O–H groups in total. The molecule has 0 aliphatic heterocycles. The van der Waals surface area contributed by atoms with Crippen LogP contribution in [-0.2, 0) is 20.1 Å². The van der Waals surface area contributed by atoms with E-state index in [2.05, 4.69) is 31.4 Å². The van der Waals surface area contributed by atoms with Crippen molar-refractivity contribution in [2.75, 3.05) is 0 Å². The molecule has 0 unspecified atom stereocenters. The van der Waals surface area contributed by atoms with E-state index in [1.54, 1.807) is 10.9 Å². The number of aryl methyl sites for hydroxylation is 3. The maximum Gasteiger partial charge on any atom is 0.252 e. The number of hydrogen-bond donors (Lipinski definition) is 1. The molecule has 148 valence electrons. The van der Waals surface area contributed by atoms with E-state index in [-0.39, 0.29) is 5.91 Å². The van der Waals surface area contributed by atoms with Gasteiger partial charge in [-0.05, 0) is 41.9 Å². The molecule has 1 aromatic carbocycles. The number of rotatable bonds is 5. The van der Waals surface area contributed by atoms with Gasteiger partial charge in [-0.25, -0.2) is 4.98 Å². The SMILES string of the molecule is CCn1ncc(Br)c1CNC(=O)c1cc(-c2cn(C)nc2C)nc2ccccc12. The van der Waals surface area contributed by atoms with Crippen molar-refractivity contribution in [2.24, 2.45) is 7.05 Å². The number of halogens is 1. The van der Waals surface area contributed by atoms with Crippen molar-refractivity contribution < 1.29 is 4.79 Å². The first-order valence-corrected chi connectivity index (χ1v) is 10.2. The topological polar surface area (TPSA) is 77.6 Å². The Hall–Kier alpha value is -3.00. The minimum atomic E-state index is -0.151. The molecule has 3 heterocycles. The van der Waals surface area contributed by atoms with E-state index in [4.69, 9.17) is 4.98 Å². The van der Waals surface area contributed by atoms with E-state index in [0.717, 1.165) is 44.6 Å². The van der Waals surface area contributed by atoms with Gasteiger partial charge in [0.15, 0.2) is 0 Å². The Morgan fingerprint density at radius 2 is 2.07 bits per heavy atom. The average molecular weight is 453 g/mol. The van der Waals surface area contributed by atoms with Crippen LogP contribution < -0.4 is 5.32 Å². The highest BCUT2D eigenvalue weighted by Gasteiger charge is 2.17. The van der Waals surface area contributed by atoms with E-state index in [0.29, 0.717) is 12.1 Å². The second-order valence-corrected chi connectivity index (χ2v) is 7.67. The van der Waals surface area contributed by atoms with Gasteiger partial charge in [0.2, 0.25) is 0 Å². The highest BCUT2D eigenvalue weighted by molar-refractivity contribution is 9.10. The third-order valence-electron chi connectivity index (χ3n) is 4.86. The van der Waals surface area contributed by atoms with Crippen molar-refractivity contribution in [3.05, 3.63) is 64.1 Å². The van der Waals surface area contributed by atoms with Crippen LogP contribution in [0.1, 0.15) is 28.7 Å². The second-order valence-electron chi connectivity index (χ2n) is 6.81. The van der Waals surface area contributed by atoms with Crippen LogP contribution in [0.3, 0.4) is 0 Å². The monoisotopic (exact) mass is 452 g/mol. The Balaban J connectivity index is 1.73. The summed E-state index contributed by atoms with van der Waals surface area (Å²) < 4.78 is 4.50. The smallest absolute Gasteiger partial charge is 0.252 e. The molecule has 0 saturated heterocycles. The van der Waals surface area contributed by atoms with E-state index in [9.17, 15) is 4.79 Å². The quantitative estimate of drug-likeness (QED) is 0.498. The van der Waals surface area contributed by atoms with Crippen LogP contribution in [0.25, 0.3) is 22.2 Å². The zero-order chi connectivity index (χ0) is 20.5. The van der Waals surface area contributed by atoms with E-state index in [1.165, 1.54) is 0 Å². The Labute approximate surface area is 176 Å². The molecule has 8 heteroatoms. The number of carbonyl (C=O) groups is 1. The number of aromatic nitrogens is 5. The normalized spacial score (nSPS) is 11.2. The maximum atomic E-state index is 13.1. The van der Waals surface area contributed by atoms with Crippen molar-refractivity contribution in [3.63, 3.8) is 0 Å². The van der Waals surface area contributed by atoms with Crippen LogP contribution in [0.4, 0.5) is 0 Å². The lowest BCUT2D eigenvalue weighted by molar-refractivity contribution is 0.0951. The zero-order valence-corrected chi connectivity index (χ0v) is 18.1. The van der Waals surface area contributed by atoms with Gasteiger partial charge < -0.3 is 5.32 Å². The van der Waals surface area contributed by atoms with Crippen LogP contribution in [0.15, 0.2) is 47.2 Å². The summed E-state index contributed by atoms with van der Waals surface area (Å²) in [5.74, 6) is -0.151. The number of nitrogens with zero attached hydrogens (tertiary/aromatic N) is 5. The van der Waals surface area contributed by atoms with Crippen LogP contribution in [-0.4, -0.2) is 30.5 Å². The van der Waals surface area contributed by atoms with Crippen LogP contribution in [0, 0.1) is 6.92 Å². The predicted molar refractivity (Wildman–Crippen MR) is 115 cm³/mol. The molecule has 4 aromatic rings. The molecule has 0 bridgehead atoms. The summed E-state index contributed by atoms with van der Waals surface area (Å²) in [4.78, 5) is 17.9. The molecule has 0 aliphatic rings. The van der Waals surface area contributed by atoms with Crippen molar-refractivity contribution in [2.45, 2.75) is 26.9 Å². The Morgan fingerprint density at radius 3 is 2.79 bits per heavy atom. The first kappa shape index (κ1) is 19.3. The number of fused-ring (bicyclic) bond motifs is 1. The molecule has 0 spiro atoms. The lowest BCUT2D eigenvalue weighted by atomic mass is 10.0. The Bertz CT molecular complexity index is 1210. The lowest BCUT2D eigenvalue weighted by Crippen LogP contribution is -2.25. The molecule has 4 rings (SSSR count). The molecular formula is C21H21BrN6O. The summed E-state index contributed by atoms with van der Waals surface area (Å²) in [6.07, 6.45) is 3.67. The van der Waals surface area contributed by atoms with Gasteiger partial charge >= 0.3 is 0 Å². The van der Waals surface area contributed by atoms with Crippen molar-refractivity contribution in [1.29, 1.82) is 0 Å². The lowest BCUT2D eigenvalue weighted by Gasteiger charge is -2.11. The van der Waals surface area contributed by atoms with Gasteiger partial charge in [0.1, 0.15) is 0 Å². The fourth-order valence-corrected chi connectivity index (χ4v) is 3.88. The highest BCUT2D eigenvalue weighted by Crippen LogP contribution is 2.26. The number of para-hydroxylation sites is 1. The Morgan fingerprint density at radius 1 is 1.28 bits per heavy atom. The molecular weight excluding hydrogens is 432 g/mol. The summed E-state index contributed by atoms with van der Waals surface area (Å²) in [6, 6.07) is 9.52. The van der Waals surface area contributed by atoms with Gasteiger partial charge in [-0.2, -0.15) is 10.2 Å². The molecule has 0 saturated carbocycles. The van der Waals surface area contributed by atoms with Gasteiger partial charge in [0.25, 0.3) is 5.91 Å². The van der Waals surface area contributed by atoms with Gasteiger partial charge in [-0.3, -0.25) is 14.2 Å². The molecule has 29 heavy (non-hydrogen) atoms. The van der Waals surface area contributed by atoms with Crippen LogP contribution >= 0.6 is 15.9 Å². The van der Waals surface area contributed by atoms with E-state index < -0.39 is 0 Å². The molecule has 0 radical (unpaired) electrons. The fraction of sp³-hybridized carbons (Fsp3) is 0.238. The minimum absolute atomic E-state index is 0.151. The number of nitrogens with one attached hydrogen (secondary N) is 1. The standard InChI is InChI=1S/C21H21BrN6O/c1-4-28-20(17(22)10-24-28)11-23-21(29)15-9-19(16-12-27(3)26-13(16)2)25-18-8-6-5-7-14(15)18/h5-10,12H,4,11H2,1-3H3,(H,23,29). The maximum absolute atomic E-state index is 13.1. The number of amides is 1. The molecule has 0 atom stereocenters. The van der Waals surface area contributed by atoms with Gasteiger partial charge in [-0.15, -0.1) is 0 Å². The van der Waals surface area contributed by atoms with Gasteiger partial charge in [0, 0.05) is 30.7 Å². The van der Waals surface area contributed by atoms with Gasteiger partial charge in [0.05, 0.1) is 45.4 Å². The molecule has 1 amide bonds. The largest absolute Gasteiger partial charge is 0.346 e. The van der Waals surface area contributed by atoms with Crippen LogP contribution in [0.5, 0.6) is 0 Å². The zero-order valence-electron chi connectivity index (χ0n) is 16.5. The minimum Gasteiger partial charge on any atom is -0.346 e. The first-order valence-electron chi connectivity index (χ1n) is 9.36. The Kier molecular flexibility index (Phi) is 5.19. The number of hydrogen-bond acceptors (Lipinski definition) is 4. The fourth-order valence-electron chi connectivity index (χ4n) is 3.45. The summed E-state index contributed by atoms with van der Waals surface area (Å²) in [5.41, 5.74) is 4.82. The number of pyridine rings is 1. The number of benzene rings is 1. The molecule has 0 fully saturated rings. The predicted octanol–water partition coefficient (Wildman–Crippen LogP) is 3.85. The first-order chi connectivity index (χ1) is 14.0. The molecule has 7 nitrogen and oxygen atoms in total. The molecule has 0 aliphatic carbocycles. The summed E-state index contributed by atoms with van der Waals surface area (Å²) in [6.45, 7) is 5.07. The number of carbonyl (C=O) groups excluding carboxylic acids is 1. The molecule has 3 aromatic heterocycles. The summed E-state index contributed by atoms with van der Waals surface area (Å²) in [5, 5.41) is 12.5. The van der Waals surface area contributed by atoms with Crippen molar-refractivity contribution in [3.8, 4) is 11.3 Å². The van der Waals surface area contributed by atoms with Crippen LogP contribution in [0.2, 0.25) is 0 Å². The van der Waals surface area contributed by atoms with E-state index >= 15 is 0 Å². The highest BCUT2D eigenvalue weighted by atomic mass is 79.9. The van der Waals surface area contributed by atoms with Gasteiger partial charge in [-0.1, -0.05) is 18.2 Å². The third-order valence-corrected chi connectivity index (χ3v) is 5.53. The van der Waals surface area contributed by atoms with E-state index in [1.807, 2.05) is 62.1 Å².